The average molecular weight is 340 g/mol. The van der Waals surface area contributed by atoms with Crippen LogP contribution < -0.4 is 10.1 Å². The number of amides is 1. The average Bonchev–Trinajstić information content (AvgIpc) is 3.12. The largest absolute Gasteiger partial charge is 0.494 e. The van der Waals surface area contributed by atoms with Gasteiger partial charge < -0.3 is 10.1 Å². The maximum absolute atomic E-state index is 12.1. The molecule has 24 heavy (non-hydrogen) atoms. The first-order valence-corrected chi connectivity index (χ1v) is 8.76. The molecule has 0 aliphatic rings. The van der Waals surface area contributed by atoms with Crippen LogP contribution in [0.3, 0.4) is 0 Å². The molecule has 0 radical (unpaired) electrons. The van der Waals surface area contributed by atoms with Gasteiger partial charge in [0.05, 0.1) is 13.2 Å². The second-order valence-corrected chi connectivity index (χ2v) is 6.24. The van der Waals surface area contributed by atoms with E-state index in [0.717, 1.165) is 29.0 Å². The highest BCUT2D eigenvalue weighted by Gasteiger charge is 2.09. The molecule has 0 saturated carbocycles. The van der Waals surface area contributed by atoms with E-state index in [9.17, 15) is 10.1 Å². The number of nitrogens with one attached hydrogen (secondary N) is 1. The Kier molecular flexibility index (Phi) is 7.06. The van der Waals surface area contributed by atoms with Gasteiger partial charge in [0, 0.05) is 4.88 Å². The Morgan fingerprint density at radius 3 is 2.75 bits per heavy atom. The van der Waals surface area contributed by atoms with E-state index in [4.69, 9.17) is 4.74 Å². The van der Waals surface area contributed by atoms with Gasteiger partial charge in [-0.15, -0.1) is 11.3 Å². The molecule has 124 valence electrons. The third kappa shape index (κ3) is 5.56. The lowest BCUT2D eigenvalue weighted by atomic mass is 10.1. The fraction of sp³-hybridized carbons (Fsp3) is 0.263. The summed E-state index contributed by atoms with van der Waals surface area (Å²) in [6.07, 6.45) is 3.69. The highest BCUT2D eigenvalue weighted by atomic mass is 32.1. The van der Waals surface area contributed by atoms with Gasteiger partial charge in [0.15, 0.2) is 0 Å². The van der Waals surface area contributed by atoms with Crippen molar-refractivity contribution in [3.63, 3.8) is 0 Å². The molecule has 0 aliphatic heterocycles. The molecule has 1 heterocycles. The smallest absolute Gasteiger partial charge is 0.262 e. The maximum Gasteiger partial charge on any atom is 0.262 e. The summed E-state index contributed by atoms with van der Waals surface area (Å²) >= 11 is 1.57. The van der Waals surface area contributed by atoms with Crippen molar-refractivity contribution < 1.29 is 9.53 Å². The molecule has 1 N–H and O–H groups in total. The van der Waals surface area contributed by atoms with Gasteiger partial charge in [-0.25, -0.2) is 0 Å². The van der Waals surface area contributed by atoms with Gasteiger partial charge in [-0.2, -0.15) is 5.26 Å². The molecule has 1 aromatic carbocycles. The first-order chi connectivity index (χ1) is 11.7. The van der Waals surface area contributed by atoms with E-state index < -0.39 is 0 Å². The number of hydrogen-bond acceptors (Lipinski definition) is 4. The van der Waals surface area contributed by atoms with Crippen LogP contribution in [0, 0.1) is 11.3 Å². The number of ether oxygens (including phenoxy) is 1. The van der Waals surface area contributed by atoms with Crippen molar-refractivity contribution in [3.05, 3.63) is 57.8 Å². The summed E-state index contributed by atoms with van der Waals surface area (Å²) in [7, 11) is 0. The molecule has 2 rings (SSSR count). The predicted octanol–water partition coefficient (Wildman–Crippen LogP) is 4.15. The number of carbonyl (C=O) groups excluding carboxylic acids is 1. The third-order valence-electron chi connectivity index (χ3n) is 3.33. The Bertz CT molecular complexity index is 713. The van der Waals surface area contributed by atoms with E-state index in [0.29, 0.717) is 13.2 Å². The summed E-state index contributed by atoms with van der Waals surface area (Å²) in [4.78, 5) is 13.1. The zero-order valence-corrected chi connectivity index (χ0v) is 14.4. The van der Waals surface area contributed by atoms with E-state index in [2.05, 4.69) is 12.2 Å². The van der Waals surface area contributed by atoms with Gasteiger partial charge in [-0.05, 0) is 41.6 Å². The van der Waals surface area contributed by atoms with E-state index in [1.54, 1.807) is 17.4 Å². The monoisotopic (exact) mass is 340 g/mol. The summed E-state index contributed by atoms with van der Waals surface area (Å²) in [5.41, 5.74) is 0.881. The Hall–Kier alpha value is -2.58. The van der Waals surface area contributed by atoms with E-state index in [-0.39, 0.29) is 11.5 Å². The lowest BCUT2D eigenvalue weighted by Crippen LogP contribution is -2.23. The Morgan fingerprint density at radius 1 is 1.33 bits per heavy atom. The fourth-order valence-electron chi connectivity index (χ4n) is 1.99. The minimum atomic E-state index is -0.367. The van der Waals surface area contributed by atoms with Crippen molar-refractivity contribution in [1.29, 1.82) is 5.26 Å². The minimum Gasteiger partial charge on any atom is -0.494 e. The van der Waals surface area contributed by atoms with Crippen molar-refractivity contribution in [2.45, 2.75) is 26.3 Å². The molecule has 0 bridgehead atoms. The number of carbonyl (C=O) groups is 1. The summed E-state index contributed by atoms with van der Waals surface area (Å²) in [6.45, 7) is 3.24. The van der Waals surface area contributed by atoms with E-state index in [1.807, 2.05) is 47.8 Å². The van der Waals surface area contributed by atoms with Gasteiger partial charge >= 0.3 is 0 Å². The zero-order valence-electron chi connectivity index (χ0n) is 13.6. The number of rotatable bonds is 8. The maximum atomic E-state index is 12.1. The number of nitrogens with zero attached hydrogens (tertiary/aromatic N) is 1. The Balaban J connectivity index is 1.96. The van der Waals surface area contributed by atoms with Crippen LogP contribution in [0.2, 0.25) is 0 Å². The lowest BCUT2D eigenvalue weighted by Gasteiger charge is -2.05. The highest BCUT2D eigenvalue weighted by molar-refractivity contribution is 7.09. The van der Waals surface area contributed by atoms with Crippen molar-refractivity contribution in [1.82, 2.24) is 5.32 Å². The fourth-order valence-corrected chi connectivity index (χ4v) is 2.63. The van der Waals surface area contributed by atoms with Crippen LogP contribution in [0.1, 0.15) is 30.2 Å². The highest BCUT2D eigenvalue weighted by Crippen LogP contribution is 2.15. The predicted molar refractivity (Wildman–Crippen MR) is 96.6 cm³/mol. The molecule has 2 aromatic rings. The molecule has 0 atom stereocenters. The third-order valence-corrected chi connectivity index (χ3v) is 4.20. The number of unbranched alkanes of at least 4 members (excludes halogenated alkanes) is 1. The lowest BCUT2D eigenvalue weighted by molar-refractivity contribution is -0.117. The topological polar surface area (TPSA) is 62.1 Å². The van der Waals surface area contributed by atoms with Crippen LogP contribution >= 0.6 is 11.3 Å². The van der Waals surface area contributed by atoms with Crippen LogP contribution in [0.15, 0.2) is 47.4 Å². The van der Waals surface area contributed by atoms with Crippen LogP contribution in [0.4, 0.5) is 0 Å². The SMILES string of the molecule is CCCCOc1ccc(/C=C(/C#N)C(=O)NCc2cccs2)cc1. The van der Waals surface area contributed by atoms with Gasteiger partial charge in [-0.3, -0.25) is 4.79 Å². The molecule has 0 unspecified atom stereocenters. The molecule has 0 saturated heterocycles. The minimum absolute atomic E-state index is 0.0891. The van der Waals surface area contributed by atoms with Gasteiger partial charge in [-0.1, -0.05) is 31.5 Å². The first-order valence-electron chi connectivity index (χ1n) is 7.88. The zero-order chi connectivity index (χ0) is 17.2. The number of benzene rings is 1. The van der Waals surface area contributed by atoms with Crippen LogP contribution in [-0.2, 0) is 11.3 Å². The first kappa shape index (κ1) is 17.8. The number of hydrogen-bond donors (Lipinski definition) is 1. The number of nitriles is 1. The molecule has 0 spiro atoms. The summed E-state index contributed by atoms with van der Waals surface area (Å²) < 4.78 is 5.60. The Morgan fingerprint density at radius 2 is 2.12 bits per heavy atom. The Labute approximate surface area is 146 Å². The van der Waals surface area contributed by atoms with Crippen LogP contribution in [0.25, 0.3) is 6.08 Å². The van der Waals surface area contributed by atoms with Gasteiger partial charge in [0.25, 0.3) is 5.91 Å². The molecule has 1 aromatic heterocycles. The van der Waals surface area contributed by atoms with E-state index >= 15 is 0 Å². The second-order valence-electron chi connectivity index (χ2n) is 5.20. The van der Waals surface area contributed by atoms with Crippen molar-refractivity contribution in [2.24, 2.45) is 0 Å². The summed E-state index contributed by atoms with van der Waals surface area (Å²) in [5.74, 6) is 0.426. The molecule has 5 heteroatoms. The molecular weight excluding hydrogens is 320 g/mol. The van der Waals surface area contributed by atoms with E-state index in [1.165, 1.54) is 0 Å². The van der Waals surface area contributed by atoms with Crippen molar-refractivity contribution in [3.8, 4) is 11.8 Å². The molecule has 0 aliphatic carbocycles. The van der Waals surface area contributed by atoms with Gasteiger partial charge in [0.1, 0.15) is 17.4 Å². The summed E-state index contributed by atoms with van der Waals surface area (Å²) in [5, 5.41) is 13.9. The van der Waals surface area contributed by atoms with Crippen LogP contribution in [0.5, 0.6) is 5.75 Å². The molecule has 0 fully saturated rings. The second kappa shape index (κ2) is 9.53. The van der Waals surface area contributed by atoms with Crippen LogP contribution in [-0.4, -0.2) is 12.5 Å². The van der Waals surface area contributed by atoms with Gasteiger partial charge in [0.2, 0.25) is 0 Å². The quantitative estimate of drug-likeness (QED) is 0.446. The van der Waals surface area contributed by atoms with Crippen molar-refractivity contribution >= 4 is 23.3 Å². The standard InChI is InChI=1S/C19H20N2O2S/c1-2-3-10-23-17-8-6-15(7-9-17)12-16(13-20)19(22)21-14-18-5-4-11-24-18/h4-9,11-12H,2-3,10,14H2,1H3,(H,21,22)/b16-12-. The summed E-state index contributed by atoms with van der Waals surface area (Å²) in [6, 6.07) is 13.2. The van der Waals surface area contributed by atoms with Crippen molar-refractivity contribution in [2.75, 3.05) is 6.61 Å². The molecule has 4 nitrogen and oxygen atoms in total. The molecular formula is C19H20N2O2S. The molecule has 1 amide bonds. The normalized spacial score (nSPS) is 10.9. The number of thiophene rings is 1.